The summed E-state index contributed by atoms with van der Waals surface area (Å²) >= 11 is 0. The number of anilines is 1. The van der Waals surface area contributed by atoms with Gasteiger partial charge >= 0.3 is 6.01 Å². The number of non-ortho nitro benzene ring substituents is 1. The molecule has 3 aromatic carbocycles. The maximum Gasteiger partial charge on any atom is 0.346 e. The molecule has 0 spiro atoms. The predicted molar refractivity (Wildman–Crippen MR) is 137 cm³/mol. The molecular formula is C24H26ClN7O4. The molecular weight excluding hydrogens is 486 g/mol. The zero-order valence-corrected chi connectivity index (χ0v) is 20.4. The van der Waals surface area contributed by atoms with Gasteiger partial charge in [-0.15, -0.1) is 12.4 Å². The second-order valence-electron chi connectivity index (χ2n) is 7.43. The Bertz CT molecular complexity index is 1250. The number of nitrogens with zero attached hydrogens (tertiary/aromatic N) is 5. The summed E-state index contributed by atoms with van der Waals surface area (Å²) in [4.78, 5) is 10.3. The topological polar surface area (TPSA) is 129 Å². The van der Waals surface area contributed by atoms with E-state index in [0.717, 1.165) is 16.9 Å². The molecule has 0 unspecified atom stereocenters. The number of para-hydroxylation sites is 1. The lowest BCUT2D eigenvalue weighted by atomic mass is 10.2. The van der Waals surface area contributed by atoms with E-state index in [2.05, 4.69) is 26.2 Å². The van der Waals surface area contributed by atoms with Crippen molar-refractivity contribution in [3.63, 3.8) is 0 Å². The second kappa shape index (κ2) is 13.0. The summed E-state index contributed by atoms with van der Waals surface area (Å²) in [5.74, 6) is 1.11. The number of aromatic nitrogens is 4. The summed E-state index contributed by atoms with van der Waals surface area (Å²) in [6, 6.07) is 21.8. The van der Waals surface area contributed by atoms with E-state index >= 15 is 0 Å². The minimum atomic E-state index is -0.413. The van der Waals surface area contributed by atoms with Crippen molar-refractivity contribution < 1.29 is 14.4 Å². The van der Waals surface area contributed by atoms with E-state index in [9.17, 15) is 10.1 Å². The van der Waals surface area contributed by atoms with Crippen molar-refractivity contribution in [1.29, 1.82) is 0 Å². The lowest BCUT2D eigenvalue weighted by molar-refractivity contribution is -0.384. The van der Waals surface area contributed by atoms with Gasteiger partial charge in [0, 0.05) is 37.5 Å². The monoisotopic (exact) mass is 511 g/mol. The molecule has 0 saturated heterocycles. The molecule has 188 valence electrons. The maximum atomic E-state index is 10.7. The number of hydrogen-bond acceptors (Lipinski definition) is 9. The fourth-order valence-corrected chi connectivity index (χ4v) is 3.32. The lowest BCUT2D eigenvalue weighted by Gasteiger charge is -2.13. The number of ether oxygens (including phenoxy) is 2. The van der Waals surface area contributed by atoms with Crippen LogP contribution in [0, 0.1) is 10.1 Å². The first kappa shape index (κ1) is 26.4. The molecule has 36 heavy (non-hydrogen) atoms. The van der Waals surface area contributed by atoms with E-state index in [4.69, 9.17) is 9.47 Å². The number of tetrazole rings is 1. The van der Waals surface area contributed by atoms with Crippen molar-refractivity contribution in [1.82, 2.24) is 25.5 Å². The highest BCUT2D eigenvalue weighted by Crippen LogP contribution is 2.32. The van der Waals surface area contributed by atoms with Crippen LogP contribution in [0.5, 0.6) is 17.5 Å². The van der Waals surface area contributed by atoms with Gasteiger partial charge in [0.1, 0.15) is 0 Å². The molecule has 1 aromatic heterocycles. The van der Waals surface area contributed by atoms with Gasteiger partial charge in [-0.2, -0.15) is 4.68 Å². The Hall–Kier alpha value is -4.22. The fraction of sp³-hybridized carbons (Fsp3) is 0.208. The lowest BCUT2D eigenvalue weighted by Crippen LogP contribution is -2.21. The number of nitrogens with one attached hydrogen (secondary N) is 2. The normalized spacial score (nSPS) is 10.4. The minimum absolute atomic E-state index is 0. The largest absolute Gasteiger partial charge is 0.490 e. The molecule has 12 heteroatoms. The van der Waals surface area contributed by atoms with Gasteiger partial charge in [0.25, 0.3) is 5.69 Å². The van der Waals surface area contributed by atoms with E-state index < -0.39 is 4.92 Å². The van der Waals surface area contributed by atoms with Crippen molar-refractivity contribution in [3.05, 3.63) is 88.5 Å². The van der Waals surface area contributed by atoms with E-state index in [1.165, 1.54) is 16.8 Å². The molecule has 0 aliphatic heterocycles. The van der Waals surface area contributed by atoms with E-state index in [1.807, 2.05) is 55.5 Å². The molecule has 4 rings (SSSR count). The van der Waals surface area contributed by atoms with Crippen LogP contribution in [0.1, 0.15) is 12.5 Å². The summed E-state index contributed by atoms with van der Waals surface area (Å²) in [6.45, 7) is 4.39. The average molecular weight is 512 g/mol. The Kier molecular flexibility index (Phi) is 9.55. The maximum absolute atomic E-state index is 10.7. The Morgan fingerprint density at radius 1 is 1.00 bits per heavy atom. The van der Waals surface area contributed by atoms with E-state index in [1.54, 1.807) is 12.1 Å². The third kappa shape index (κ3) is 6.90. The average Bonchev–Trinajstić information content (AvgIpc) is 3.34. The standard InChI is InChI=1S/C24H25N7O4.ClH/c1-2-34-23-16-18(17-25-14-15-26-19-9-11-21(12-10-19)31(32)33)8-13-22(23)35-24-27-28-29-30(24)20-6-4-3-5-7-20;/h3-13,16,25-26H,2,14-15,17H2,1H3;1H. The number of nitro groups is 1. The molecule has 0 atom stereocenters. The molecule has 1 heterocycles. The fourth-order valence-electron chi connectivity index (χ4n) is 3.32. The number of benzene rings is 3. The van der Waals surface area contributed by atoms with Crippen LogP contribution in [0.25, 0.3) is 5.69 Å². The van der Waals surface area contributed by atoms with Gasteiger partial charge in [-0.3, -0.25) is 10.1 Å². The summed E-state index contributed by atoms with van der Waals surface area (Å²) in [5.41, 5.74) is 2.71. The first-order valence-electron chi connectivity index (χ1n) is 11.1. The first-order valence-corrected chi connectivity index (χ1v) is 11.1. The molecule has 0 amide bonds. The van der Waals surface area contributed by atoms with Gasteiger partial charge in [-0.25, -0.2) is 0 Å². The van der Waals surface area contributed by atoms with Crippen molar-refractivity contribution in [2.75, 3.05) is 25.0 Å². The summed E-state index contributed by atoms with van der Waals surface area (Å²) in [7, 11) is 0. The number of rotatable bonds is 12. The van der Waals surface area contributed by atoms with Crippen molar-refractivity contribution in [3.8, 4) is 23.2 Å². The second-order valence-corrected chi connectivity index (χ2v) is 7.43. The van der Waals surface area contributed by atoms with Crippen LogP contribution in [-0.4, -0.2) is 44.8 Å². The third-order valence-electron chi connectivity index (χ3n) is 4.99. The van der Waals surface area contributed by atoms with Crippen LogP contribution in [0.15, 0.2) is 72.8 Å². The Morgan fingerprint density at radius 2 is 1.78 bits per heavy atom. The van der Waals surface area contributed by atoms with Crippen LogP contribution in [0.3, 0.4) is 0 Å². The summed E-state index contributed by atoms with van der Waals surface area (Å²) in [6.07, 6.45) is 0. The van der Waals surface area contributed by atoms with Gasteiger partial charge in [0.05, 0.1) is 17.2 Å². The van der Waals surface area contributed by atoms with E-state index in [-0.39, 0.29) is 24.1 Å². The SMILES string of the molecule is CCOc1cc(CNCCNc2ccc([N+](=O)[O-])cc2)ccc1Oc1nnnn1-c1ccccc1.Cl. The highest BCUT2D eigenvalue weighted by molar-refractivity contribution is 5.85. The Morgan fingerprint density at radius 3 is 2.50 bits per heavy atom. The third-order valence-corrected chi connectivity index (χ3v) is 4.99. The van der Waals surface area contributed by atoms with Crippen LogP contribution < -0.4 is 20.1 Å². The number of nitro benzene ring substituents is 1. The zero-order valence-electron chi connectivity index (χ0n) is 19.5. The Labute approximate surface area is 214 Å². The smallest absolute Gasteiger partial charge is 0.346 e. The first-order chi connectivity index (χ1) is 17.1. The van der Waals surface area contributed by atoms with Crippen molar-refractivity contribution >= 4 is 23.8 Å². The Balaban J connectivity index is 0.00000361. The van der Waals surface area contributed by atoms with Crippen LogP contribution in [-0.2, 0) is 6.54 Å². The van der Waals surface area contributed by atoms with Gasteiger partial charge in [0.15, 0.2) is 11.5 Å². The van der Waals surface area contributed by atoms with Gasteiger partial charge in [-0.05, 0) is 59.3 Å². The van der Waals surface area contributed by atoms with Gasteiger partial charge in [0.2, 0.25) is 0 Å². The quantitative estimate of drug-likeness (QED) is 0.161. The molecule has 4 aromatic rings. The number of hydrogen-bond donors (Lipinski definition) is 2. The summed E-state index contributed by atoms with van der Waals surface area (Å²) < 4.78 is 13.3. The molecule has 0 bridgehead atoms. The van der Waals surface area contributed by atoms with Crippen LogP contribution in [0.4, 0.5) is 11.4 Å². The predicted octanol–water partition coefficient (Wildman–Crippen LogP) is 4.39. The molecule has 0 radical (unpaired) electrons. The highest BCUT2D eigenvalue weighted by atomic mass is 35.5. The van der Waals surface area contributed by atoms with Crippen LogP contribution in [0.2, 0.25) is 0 Å². The van der Waals surface area contributed by atoms with Crippen molar-refractivity contribution in [2.45, 2.75) is 13.5 Å². The van der Waals surface area contributed by atoms with Crippen LogP contribution >= 0.6 is 12.4 Å². The molecule has 0 saturated carbocycles. The zero-order chi connectivity index (χ0) is 24.5. The molecule has 11 nitrogen and oxygen atoms in total. The number of halogens is 1. The van der Waals surface area contributed by atoms with Gasteiger partial charge in [-0.1, -0.05) is 29.4 Å². The molecule has 2 N–H and O–H groups in total. The van der Waals surface area contributed by atoms with Gasteiger partial charge < -0.3 is 20.1 Å². The van der Waals surface area contributed by atoms with E-state index in [0.29, 0.717) is 37.7 Å². The molecule has 0 aliphatic carbocycles. The summed E-state index contributed by atoms with van der Waals surface area (Å²) in [5, 5.41) is 29.1. The highest BCUT2D eigenvalue weighted by Gasteiger charge is 2.14. The van der Waals surface area contributed by atoms with Crippen molar-refractivity contribution in [2.24, 2.45) is 0 Å². The molecule has 0 fully saturated rings. The molecule has 0 aliphatic rings. The minimum Gasteiger partial charge on any atom is -0.490 e.